The molecule has 0 bridgehead atoms. The van der Waals surface area contributed by atoms with Crippen molar-refractivity contribution in [3.8, 4) is 0 Å². The van der Waals surface area contributed by atoms with Gasteiger partial charge in [-0.05, 0) is 12.0 Å². The minimum Gasteiger partial charge on any atom is -0.388 e. The van der Waals surface area contributed by atoms with Crippen molar-refractivity contribution in [3.05, 3.63) is 35.9 Å². The van der Waals surface area contributed by atoms with Crippen molar-refractivity contribution in [2.75, 3.05) is 26.3 Å². The summed E-state index contributed by atoms with van der Waals surface area (Å²) in [5.74, 6) is 0. The molecule has 1 aromatic carbocycles. The lowest BCUT2D eigenvalue weighted by Crippen LogP contribution is -2.53. The van der Waals surface area contributed by atoms with E-state index in [1.54, 1.807) is 0 Å². The van der Waals surface area contributed by atoms with Gasteiger partial charge in [-0.2, -0.15) is 0 Å². The number of nitrogens with zero attached hydrogens (tertiary/aromatic N) is 1. The molecule has 2 rings (SSSR count). The van der Waals surface area contributed by atoms with Crippen molar-refractivity contribution in [1.82, 2.24) is 10.2 Å². The van der Waals surface area contributed by atoms with Gasteiger partial charge < -0.3 is 20.1 Å². The Balaban J connectivity index is 1.88. The van der Waals surface area contributed by atoms with Gasteiger partial charge in [0.05, 0.1) is 25.4 Å². The Morgan fingerprint density at radius 2 is 2.17 bits per heavy atom. The van der Waals surface area contributed by atoms with Crippen LogP contribution in [0.2, 0.25) is 0 Å². The molecule has 1 aromatic rings. The third-order valence-electron chi connectivity index (χ3n) is 4.22. The Hall–Kier alpha value is -1.59. The summed E-state index contributed by atoms with van der Waals surface area (Å²) >= 11 is 0. The number of hydrogen-bond acceptors (Lipinski definition) is 3. The molecule has 128 valence electrons. The number of hydrogen-bond donors (Lipinski definition) is 2. The quantitative estimate of drug-likeness (QED) is 0.759. The molecule has 1 saturated heterocycles. The van der Waals surface area contributed by atoms with E-state index in [4.69, 9.17) is 4.74 Å². The van der Waals surface area contributed by atoms with E-state index in [0.717, 1.165) is 24.8 Å². The molecule has 1 fully saturated rings. The van der Waals surface area contributed by atoms with Gasteiger partial charge in [0.25, 0.3) is 0 Å². The van der Waals surface area contributed by atoms with Crippen LogP contribution in [0.1, 0.15) is 44.3 Å². The van der Waals surface area contributed by atoms with Gasteiger partial charge in [-0.1, -0.05) is 50.1 Å². The summed E-state index contributed by atoms with van der Waals surface area (Å²) < 4.78 is 5.51. The number of aliphatic hydroxyl groups excluding tert-OH is 1. The van der Waals surface area contributed by atoms with Crippen molar-refractivity contribution in [2.45, 2.75) is 44.8 Å². The van der Waals surface area contributed by atoms with E-state index in [0.29, 0.717) is 32.7 Å². The van der Waals surface area contributed by atoms with Gasteiger partial charge >= 0.3 is 6.03 Å². The van der Waals surface area contributed by atoms with Crippen LogP contribution in [0.3, 0.4) is 0 Å². The first-order valence-corrected chi connectivity index (χ1v) is 8.57. The Morgan fingerprint density at radius 3 is 2.91 bits per heavy atom. The summed E-state index contributed by atoms with van der Waals surface area (Å²) in [6.07, 6.45) is 3.17. The second kappa shape index (κ2) is 9.53. The standard InChI is InChI=1S/C18H28N2O3/c1-2-3-7-10-19-18(22)20-11-12-23-14-16(20)13-17(21)15-8-5-4-6-9-15/h4-6,8-9,16-17,21H,2-3,7,10-14H2,1H3,(H,19,22). The first kappa shape index (κ1) is 17.8. The number of nitrogens with one attached hydrogen (secondary N) is 1. The van der Waals surface area contributed by atoms with Gasteiger partial charge in [-0.3, -0.25) is 0 Å². The van der Waals surface area contributed by atoms with E-state index in [1.165, 1.54) is 0 Å². The maximum Gasteiger partial charge on any atom is 0.317 e. The van der Waals surface area contributed by atoms with E-state index in [-0.39, 0.29) is 12.1 Å². The highest BCUT2D eigenvalue weighted by Crippen LogP contribution is 2.22. The molecule has 0 radical (unpaired) electrons. The summed E-state index contributed by atoms with van der Waals surface area (Å²) in [5, 5.41) is 13.4. The molecule has 1 heterocycles. The number of aliphatic hydroxyl groups is 1. The Bertz CT molecular complexity index is 467. The maximum atomic E-state index is 12.4. The fraction of sp³-hybridized carbons (Fsp3) is 0.611. The number of amides is 2. The second-order valence-corrected chi connectivity index (χ2v) is 6.02. The number of carbonyl (C=O) groups is 1. The number of rotatable bonds is 7. The lowest BCUT2D eigenvalue weighted by molar-refractivity contribution is -0.00689. The molecule has 0 aliphatic carbocycles. The van der Waals surface area contributed by atoms with Crippen molar-refractivity contribution in [3.63, 3.8) is 0 Å². The van der Waals surface area contributed by atoms with Crippen LogP contribution in [0.25, 0.3) is 0 Å². The molecule has 2 amide bonds. The van der Waals surface area contributed by atoms with E-state index >= 15 is 0 Å². The smallest absolute Gasteiger partial charge is 0.317 e. The van der Waals surface area contributed by atoms with Crippen LogP contribution in [0.4, 0.5) is 4.79 Å². The van der Waals surface area contributed by atoms with Gasteiger partial charge in [0.2, 0.25) is 0 Å². The van der Waals surface area contributed by atoms with Crippen LogP contribution in [0.5, 0.6) is 0 Å². The third-order valence-corrected chi connectivity index (χ3v) is 4.22. The third kappa shape index (κ3) is 5.52. The number of morpholine rings is 1. The van der Waals surface area contributed by atoms with Crippen LogP contribution >= 0.6 is 0 Å². The molecule has 5 heteroatoms. The first-order valence-electron chi connectivity index (χ1n) is 8.57. The largest absolute Gasteiger partial charge is 0.388 e. The molecule has 1 aliphatic rings. The zero-order valence-electron chi connectivity index (χ0n) is 13.9. The van der Waals surface area contributed by atoms with Crippen molar-refractivity contribution < 1.29 is 14.6 Å². The molecule has 1 aliphatic heterocycles. The number of ether oxygens (including phenoxy) is 1. The fourth-order valence-corrected chi connectivity index (χ4v) is 2.86. The predicted octanol–water partition coefficient (Wildman–Crippen LogP) is 2.71. The van der Waals surface area contributed by atoms with Gasteiger partial charge in [-0.15, -0.1) is 0 Å². The Morgan fingerprint density at radius 1 is 1.39 bits per heavy atom. The summed E-state index contributed by atoms with van der Waals surface area (Å²) in [6, 6.07) is 9.42. The lowest BCUT2D eigenvalue weighted by Gasteiger charge is -2.36. The fourth-order valence-electron chi connectivity index (χ4n) is 2.86. The van der Waals surface area contributed by atoms with E-state index in [1.807, 2.05) is 35.2 Å². The van der Waals surface area contributed by atoms with Gasteiger partial charge in [0, 0.05) is 19.5 Å². The Labute approximate surface area is 138 Å². The molecule has 2 unspecified atom stereocenters. The van der Waals surface area contributed by atoms with Gasteiger partial charge in [0.1, 0.15) is 0 Å². The summed E-state index contributed by atoms with van der Waals surface area (Å²) in [5.41, 5.74) is 0.876. The maximum absolute atomic E-state index is 12.4. The minimum atomic E-state index is -0.585. The first-order chi connectivity index (χ1) is 11.2. The summed E-state index contributed by atoms with van der Waals surface area (Å²) in [4.78, 5) is 14.2. The zero-order chi connectivity index (χ0) is 16.5. The predicted molar refractivity (Wildman–Crippen MR) is 90.3 cm³/mol. The minimum absolute atomic E-state index is 0.0466. The average molecular weight is 320 g/mol. The number of benzene rings is 1. The average Bonchev–Trinajstić information content (AvgIpc) is 2.60. The van der Waals surface area contributed by atoms with Gasteiger partial charge in [-0.25, -0.2) is 4.79 Å². The normalized spacial score (nSPS) is 19.4. The highest BCUT2D eigenvalue weighted by Gasteiger charge is 2.29. The highest BCUT2D eigenvalue weighted by molar-refractivity contribution is 5.74. The monoisotopic (exact) mass is 320 g/mol. The zero-order valence-corrected chi connectivity index (χ0v) is 13.9. The summed E-state index contributed by atoms with van der Waals surface area (Å²) in [6.45, 7) is 4.46. The molecule has 0 saturated carbocycles. The number of unbranched alkanes of at least 4 members (excludes halogenated alkanes) is 2. The number of carbonyl (C=O) groups excluding carboxylic acids is 1. The van der Waals surface area contributed by atoms with E-state index in [2.05, 4.69) is 12.2 Å². The van der Waals surface area contributed by atoms with E-state index in [9.17, 15) is 9.90 Å². The van der Waals surface area contributed by atoms with Gasteiger partial charge in [0.15, 0.2) is 0 Å². The molecule has 2 atom stereocenters. The molecule has 23 heavy (non-hydrogen) atoms. The summed E-state index contributed by atoms with van der Waals surface area (Å²) in [7, 11) is 0. The van der Waals surface area contributed by atoms with Crippen LogP contribution in [-0.4, -0.2) is 48.4 Å². The van der Waals surface area contributed by atoms with Crippen molar-refractivity contribution >= 4 is 6.03 Å². The van der Waals surface area contributed by atoms with Crippen LogP contribution < -0.4 is 5.32 Å². The van der Waals surface area contributed by atoms with Crippen molar-refractivity contribution in [2.24, 2.45) is 0 Å². The topological polar surface area (TPSA) is 61.8 Å². The molecular weight excluding hydrogens is 292 g/mol. The van der Waals surface area contributed by atoms with Crippen LogP contribution in [-0.2, 0) is 4.74 Å². The van der Waals surface area contributed by atoms with Crippen molar-refractivity contribution in [1.29, 1.82) is 0 Å². The van der Waals surface area contributed by atoms with E-state index < -0.39 is 6.10 Å². The molecule has 0 spiro atoms. The molecular formula is C18H28N2O3. The lowest BCUT2D eigenvalue weighted by atomic mass is 10.0. The SMILES string of the molecule is CCCCCNC(=O)N1CCOCC1CC(O)c1ccccc1. The number of urea groups is 1. The van der Waals surface area contributed by atoms with Crippen LogP contribution in [0.15, 0.2) is 30.3 Å². The second-order valence-electron chi connectivity index (χ2n) is 6.02. The Kier molecular flexibility index (Phi) is 7.36. The molecule has 0 aromatic heterocycles. The molecule has 2 N–H and O–H groups in total. The highest BCUT2D eigenvalue weighted by atomic mass is 16.5. The molecule has 5 nitrogen and oxygen atoms in total. The van der Waals surface area contributed by atoms with Crippen LogP contribution in [0, 0.1) is 0 Å².